The predicted octanol–water partition coefficient (Wildman–Crippen LogP) is 4.51. The molecule has 2 atom stereocenters. The van der Waals surface area contributed by atoms with Gasteiger partial charge in [-0.05, 0) is 51.5 Å². The summed E-state index contributed by atoms with van der Waals surface area (Å²) in [5.74, 6) is -0.393. The number of carbonyl (C=O) groups is 2. The minimum absolute atomic E-state index is 0.147. The van der Waals surface area contributed by atoms with Crippen LogP contribution in [0, 0.1) is 5.92 Å². The van der Waals surface area contributed by atoms with Crippen molar-refractivity contribution < 1.29 is 33.3 Å². The summed E-state index contributed by atoms with van der Waals surface area (Å²) in [6, 6.07) is 5.46. The molecule has 0 radical (unpaired) electrons. The smallest absolute Gasteiger partial charge is 0.337 e. The zero-order chi connectivity index (χ0) is 24.6. The number of carbonyl (C=O) groups excluding carboxylic acids is 2. The highest BCUT2D eigenvalue weighted by Crippen LogP contribution is 2.36. The van der Waals surface area contributed by atoms with Gasteiger partial charge in [-0.1, -0.05) is 30.7 Å². The number of fused-ring (bicyclic) bond motifs is 1. The molecular formula is C26H34O7. The molecule has 0 saturated carbocycles. The monoisotopic (exact) mass is 458 g/mol. The molecule has 1 unspecified atom stereocenters. The summed E-state index contributed by atoms with van der Waals surface area (Å²) in [5.41, 5.74) is 1.47. The minimum atomic E-state index is -0.716. The topological polar surface area (TPSA) is 80.3 Å². The first-order valence-electron chi connectivity index (χ1n) is 10.8. The molecule has 1 aromatic carbocycles. The molecule has 0 amide bonds. The van der Waals surface area contributed by atoms with E-state index in [4.69, 9.17) is 23.7 Å². The summed E-state index contributed by atoms with van der Waals surface area (Å²) >= 11 is 0. The Bertz CT molecular complexity index is 936. The number of ether oxygens (including phenoxy) is 5. The Labute approximate surface area is 196 Å². The van der Waals surface area contributed by atoms with E-state index in [-0.39, 0.29) is 17.5 Å². The summed E-state index contributed by atoms with van der Waals surface area (Å²) in [4.78, 5) is 24.5. The fraction of sp³-hybridized carbons (Fsp3) is 0.462. The van der Waals surface area contributed by atoms with E-state index >= 15 is 0 Å². The zero-order valence-electron chi connectivity index (χ0n) is 20.5. The first-order valence-corrected chi connectivity index (χ1v) is 10.8. The second-order valence-corrected chi connectivity index (χ2v) is 8.58. The van der Waals surface area contributed by atoms with E-state index in [1.165, 1.54) is 32.1 Å². The van der Waals surface area contributed by atoms with E-state index in [1.807, 2.05) is 52.0 Å². The number of methoxy groups -OCH3 is 2. The fourth-order valence-electron chi connectivity index (χ4n) is 3.17. The third-order valence-corrected chi connectivity index (χ3v) is 5.29. The van der Waals surface area contributed by atoms with Crippen molar-refractivity contribution in [3.8, 4) is 11.5 Å². The molecule has 1 aromatic rings. The molecule has 7 nitrogen and oxygen atoms in total. The Morgan fingerprint density at radius 3 is 2.58 bits per heavy atom. The van der Waals surface area contributed by atoms with Gasteiger partial charge in [-0.15, -0.1) is 0 Å². The van der Waals surface area contributed by atoms with Gasteiger partial charge in [0.2, 0.25) is 0 Å². The molecule has 0 aromatic heterocycles. The molecular weight excluding hydrogens is 424 g/mol. The maximum Gasteiger partial charge on any atom is 0.337 e. The van der Waals surface area contributed by atoms with E-state index in [2.05, 4.69) is 0 Å². The van der Waals surface area contributed by atoms with Crippen molar-refractivity contribution in [2.24, 2.45) is 5.92 Å². The van der Waals surface area contributed by atoms with Crippen LogP contribution in [0.2, 0.25) is 0 Å². The first kappa shape index (κ1) is 26.2. The molecule has 0 spiro atoms. The molecule has 0 bridgehead atoms. The SMILES string of the molecule is CO/C=C(/C(=O)OC)C(C)C(=O)/C=C/c1ccc2c(c1)OC(C)(C)[C@@H](OCC=C(C)C)CO2. The Hall–Kier alpha value is -3.06. The van der Waals surface area contributed by atoms with E-state index in [1.54, 1.807) is 13.0 Å². The maximum atomic E-state index is 12.6. The van der Waals surface area contributed by atoms with Gasteiger partial charge in [-0.2, -0.15) is 0 Å². The number of allylic oxidation sites excluding steroid dienone is 2. The standard InChI is InChI=1S/C26H34O7/c1-17(2)12-13-31-24-16-32-22-11-9-19(14-23(22)33-26(24,4)5)8-10-21(27)18(3)20(15-29-6)25(28)30-7/h8-12,14-15,18,24H,13,16H2,1-7H3/b10-8+,20-15+/t18?,24-/m0/s1. The van der Waals surface area contributed by atoms with Gasteiger partial charge in [0.25, 0.3) is 0 Å². The van der Waals surface area contributed by atoms with Gasteiger partial charge in [0.15, 0.2) is 17.3 Å². The van der Waals surface area contributed by atoms with Crippen LogP contribution >= 0.6 is 0 Å². The second-order valence-electron chi connectivity index (χ2n) is 8.58. The molecule has 0 saturated heterocycles. The van der Waals surface area contributed by atoms with Gasteiger partial charge in [-0.25, -0.2) is 4.79 Å². The molecule has 33 heavy (non-hydrogen) atoms. The van der Waals surface area contributed by atoms with Gasteiger partial charge in [0, 0.05) is 0 Å². The molecule has 1 aliphatic rings. The highest BCUT2D eigenvalue weighted by molar-refractivity contribution is 6.03. The lowest BCUT2D eigenvalue weighted by Gasteiger charge is -2.31. The summed E-state index contributed by atoms with van der Waals surface area (Å²) in [5, 5.41) is 0. The molecule has 0 fully saturated rings. The first-order chi connectivity index (χ1) is 15.6. The lowest BCUT2D eigenvalue weighted by Crippen LogP contribution is -2.45. The van der Waals surface area contributed by atoms with Crippen LogP contribution in [0.15, 0.2) is 47.8 Å². The third-order valence-electron chi connectivity index (χ3n) is 5.29. The number of esters is 1. The van der Waals surface area contributed by atoms with E-state index in [0.29, 0.717) is 24.7 Å². The lowest BCUT2D eigenvalue weighted by molar-refractivity contribution is -0.137. The number of hydrogen-bond donors (Lipinski definition) is 0. The van der Waals surface area contributed by atoms with Crippen LogP contribution in [0.3, 0.4) is 0 Å². The van der Waals surface area contributed by atoms with Crippen LogP contribution in [0.1, 0.15) is 40.2 Å². The van der Waals surface area contributed by atoms with Crippen molar-refractivity contribution in [2.75, 3.05) is 27.4 Å². The molecule has 7 heteroatoms. The number of ketones is 1. The van der Waals surface area contributed by atoms with Gasteiger partial charge in [0.05, 0.1) is 38.6 Å². The Balaban J connectivity index is 2.16. The minimum Gasteiger partial charge on any atom is -0.504 e. The van der Waals surface area contributed by atoms with Crippen molar-refractivity contribution >= 4 is 17.8 Å². The number of benzene rings is 1. The molecule has 0 aliphatic carbocycles. The van der Waals surface area contributed by atoms with Crippen LogP contribution in [0.5, 0.6) is 11.5 Å². The van der Waals surface area contributed by atoms with Crippen LogP contribution in [0.25, 0.3) is 6.08 Å². The van der Waals surface area contributed by atoms with Crippen LogP contribution in [-0.2, 0) is 23.8 Å². The van der Waals surface area contributed by atoms with Crippen LogP contribution in [-0.4, -0.2) is 50.9 Å². The Kier molecular flexibility index (Phi) is 9.29. The van der Waals surface area contributed by atoms with Crippen molar-refractivity contribution in [3.05, 3.63) is 53.3 Å². The van der Waals surface area contributed by atoms with Crippen LogP contribution < -0.4 is 9.47 Å². The van der Waals surface area contributed by atoms with E-state index in [0.717, 1.165) is 5.56 Å². The number of rotatable bonds is 9. The normalized spacial score (nSPS) is 18.3. The summed E-state index contributed by atoms with van der Waals surface area (Å²) in [6.45, 7) is 10.4. The molecule has 0 N–H and O–H groups in total. The largest absolute Gasteiger partial charge is 0.504 e. The van der Waals surface area contributed by atoms with Gasteiger partial charge in [0.1, 0.15) is 18.3 Å². The summed E-state index contributed by atoms with van der Waals surface area (Å²) < 4.78 is 27.8. The van der Waals surface area contributed by atoms with E-state index in [9.17, 15) is 9.59 Å². The summed E-state index contributed by atoms with van der Waals surface area (Å²) in [7, 11) is 2.67. The molecule has 180 valence electrons. The lowest BCUT2D eigenvalue weighted by atomic mass is 9.96. The fourth-order valence-corrected chi connectivity index (χ4v) is 3.17. The van der Waals surface area contributed by atoms with Gasteiger partial charge < -0.3 is 23.7 Å². The van der Waals surface area contributed by atoms with E-state index < -0.39 is 17.5 Å². The Morgan fingerprint density at radius 2 is 1.94 bits per heavy atom. The van der Waals surface area contributed by atoms with Crippen molar-refractivity contribution in [1.29, 1.82) is 0 Å². The average molecular weight is 459 g/mol. The molecule has 1 aliphatic heterocycles. The maximum absolute atomic E-state index is 12.6. The van der Waals surface area contributed by atoms with Crippen molar-refractivity contribution in [3.63, 3.8) is 0 Å². The average Bonchev–Trinajstić information content (AvgIpc) is 2.89. The highest BCUT2D eigenvalue weighted by atomic mass is 16.6. The predicted molar refractivity (Wildman–Crippen MR) is 126 cm³/mol. The van der Waals surface area contributed by atoms with Crippen molar-refractivity contribution in [1.82, 2.24) is 0 Å². The second kappa shape index (κ2) is 11.7. The highest BCUT2D eigenvalue weighted by Gasteiger charge is 2.36. The van der Waals surface area contributed by atoms with Gasteiger partial charge >= 0.3 is 5.97 Å². The van der Waals surface area contributed by atoms with Gasteiger partial charge in [-0.3, -0.25) is 4.79 Å². The number of hydrogen-bond acceptors (Lipinski definition) is 7. The zero-order valence-corrected chi connectivity index (χ0v) is 20.5. The van der Waals surface area contributed by atoms with Crippen molar-refractivity contribution in [2.45, 2.75) is 46.3 Å². The van der Waals surface area contributed by atoms with Crippen LogP contribution in [0.4, 0.5) is 0 Å². The molecule has 2 rings (SSSR count). The summed E-state index contributed by atoms with van der Waals surface area (Å²) in [6.07, 6.45) is 6.08. The third kappa shape index (κ3) is 7.22. The molecule has 1 heterocycles. The Morgan fingerprint density at radius 1 is 1.21 bits per heavy atom. The quantitative estimate of drug-likeness (QED) is 0.233.